The molecule has 0 aromatic carbocycles. The van der Waals surface area contributed by atoms with Crippen molar-refractivity contribution >= 4 is 18.2 Å². The van der Waals surface area contributed by atoms with Crippen molar-refractivity contribution < 1.29 is 11.0 Å². The van der Waals surface area contributed by atoms with Crippen LogP contribution in [0.2, 0.25) is 6.32 Å². The molecule has 0 unspecified atom stereocenters. The zero-order chi connectivity index (χ0) is 3.41. The van der Waals surface area contributed by atoms with Crippen molar-refractivity contribution in [2.45, 2.75) is 13.2 Å². The molecule has 4 N–H and O–H groups in total. The Morgan fingerprint density at radius 3 is 1.67 bits per heavy atom. The number of hydrogen-bond donors (Lipinski definition) is 0. The molecule has 0 radical (unpaired) electrons. The van der Waals surface area contributed by atoms with Gasteiger partial charge in [0, 0.05) is 0 Å². The number of halogens is 1. The van der Waals surface area contributed by atoms with Crippen LogP contribution < -0.4 is 0 Å². The molecule has 40 valence electrons. The molecule has 2 nitrogen and oxygen atoms in total. The Labute approximate surface area is 43.3 Å². The smallest absolute Gasteiger partial charge is 0.232 e. The summed E-state index contributed by atoms with van der Waals surface area (Å²) in [6, 6.07) is 0. The fraction of sp³-hybridized carbons (Fsp3) is 1.00. The zero-order valence-corrected chi connectivity index (χ0v) is 4.55. The Bertz CT molecular complexity index is 13.5. The molecule has 0 saturated carbocycles. The van der Waals surface area contributed by atoms with Crippen molar-refractivity contribution in [2.75, 3.05) is 0 Å². The van der Waals surface area contributed by atoms with E-state index < -0.39 is 0 Å². The van der Waals surface area contributed by atoms with Crippen LogP contribution in [-0.2, 0) is 0 Å². The summed E-state index contributed by atoms with van der Waals surface area (Å²) >= 11 is 5.19. The standard InChI is InChI=1S/C2H6BCl.2H2O/c1-2-3-4;;/h3H,2H2,1H3;2*1H2. The summed E-state index contributed by atoms with van der Waals surface area (Å²) in [5.41, 5.74) is 0. The second kappa shape index (κ2) is 18.6. The van der Waals surface area contributed by atoms with Crippen LogP contribution >= 0.6 is 11.5 Å². The van der Waals surface area contributed by atoms with Gasteiger partial charge in [-0.25, -0.2) is 11.5 Å². The van der Waals surface area contributed by atoms with E-state index in [2.05, 4.69) is 0 Å². The van der Waals surface area contributed by atoms with Gasteiger partial charge in [0.2, 0.25) is 6.69 Å². The summed E-state index contributed by atoms with van der Waals surface area (Å²) in [6.45, 7) is 2.84. The summed E-state index contributed by atoms with van der Waals surface area (Å²) in [4.78, 5) is 0. The highest BCUT2D eigenvalue weighted by Gasteiger charge is 1.65. The van der Waals surface area contributed by atoms with E-state index in [9.17, 15) is 0 Å². The van der Waals surface area contributed by atoms with Gasteiger partial charge in [-0.3, -0.25) is 0 Å². The first-order chi connectivity index (χ1) is 1.91. The highest BCUT2D eigenvalue weighted by molar-refractivity contribution is 6.93. The lowest BCUT2D eigenvalue weighted by atomic mass is 10.1. The molecular weight excluding hydrogens is 102 g/mol. The van der Waals surface area contributed by atoms with Crippen molar-refractivity contribution in [3.8, 4) is 0 Å². The largest absolute Gasteiger partial charge is 0.412 e. The van der Waals surface area contributed by atoms with Crippen LogP contribution in [0.1, 0.15) is 6.92 Å². The monoisotopic (exact) mass is 112 g/mol. The van der Waals surface area contributed by atoms with Crippen LogP contribution in [0, 0.1) is 0 Å². The Kier molecular flexibility index (Phi) is 50.5. The van der Waals surface area contributed by atoms with Gasteiger partial charge in [-0.15, -0.1) is 0 Å². The summed E-state index contributed by atoms with van der Waals surface area (Å²) < 4.78 is 0. The molecule has 0 aliphatic carbocycles. The third-order valence-electron chi connectivity index (χ3n) is 0.189. The van der Waals surface area contributed by atoms with Gasteiger partial charge in [0.05, 0.1) is 0 Å². The first-order valence-corrected chi connectivity index (χ1v) is 2.01. The molecule has 6 heavy (non-hydrogen) atoms. The average molecular weight is 112 g/mol. The van der Waals surface area contributed by atoms with Gasteiger partial charge in [0.25, 0.3) is 0 Å². The Morgan fingerprint density at radius 1 is 1.50 bits per heavy atom. The summed E-state index contributed by atoms with van der Waals surface area (Å²) in [7, 11) is 0. The van der Waals surface area contributed by atoms with Crippen LogP contribution in [-0.4, -0.2) is 17.6 Å². The maximum absolute atomic E-state index is 5.19. The molecule has 0 aliphatic rings. The topological polar surface area (TPSA) is 63.0 Å². The Hall–Kier alpha value is 0.275. The summed E-state index contributed by atoms with van der Waals surface area (Å²) in [6.07, 6.45) is 1.08. The van der Waals surface area contributed by atoms with E-state index in [1.54, 1.807) is 0 Å². The SMILES string of the molecule is CCBCl.O.O. The van der Waals surface area contributed by atoms with Crippen molar-refractivity contribution in [1.29, 1.82) is 0 Å². The first-order valence-electron chi connectivity index (χ1n) is 1.47. The van der Waals surface area contributed by atoms with E-state index in [4.69, 9.17) is 11.5 Å². The lowest BCUT2D eigenvalue weighted by Gasteiger charge is -1.60. The maximum Gasteiger partial charge on any atom is 0.232 e. The van der Waals surface area contributed by atoms with Gasteiger partial charge in [-0.2, -0.15) is 0 Å². The Balaban J connectivity index is -0.0000000450. The normalized spacial score (nSPS) is 4.33. The summed E-state index contributed by atoms with van der Waals surface area (Å²) in [5.74, 6) is 0. The van der Waals surface area contributed by atoms with Gasteiger partial charge in [-0.05, 0) is 0 Å². The molecule has 0 amide bonds. The first kappa shape index (κ1) is 16.3. The minimum Gasteiger partial charge on any atom is -0.412 e. The molecule has 0 aliphatic heterocycles. The van der Waals surface area contributed by atoms with Crippen LogP contribution in [0.25, 0.3) is 0 Å². The van der Waals surface area contributed by atoms with E-state index >= 15 is 0 Å². The third-order valence-corrected chi connectivity index (χ3v) is 0.567. The van der Waals surface area contributed by atoms with Crippen molar-refractivity contribution in [2.24, 2.45) is 0 Å². The van der Waals surface area contributed by atoms with Gasteiger partial charge >= 0.3 is 0 Å². The quantitative estimate of drug-likeness (QED) is 0.405. The van der Waals surface area contributed by atoms with Crippen molar-refractivity contribution in [1.82, 2.24) is 0 Å². The molecule has 0 aromatic rings. The van der Waals surface area contributed by atoms with E-state index in [1.165, 1.54) is 0 Å². The maximum atomic E-state index is 5.19. The summed E-state index contributed by atoms with van der Waals surface area (Å²) in [5, 5.41) is 0. The van der Waals surface area contributed by atoms with Crippen LogP contribution in [0.3, 0.4) is 0 Å². The molecular formula is C2H10BClO2. The molecule has 0 heterocycles. The zero-order valence-electron chi connectivity index (χ0n) is 3.79. The predicted molar refractivity (Wildman–Crippen MR) is 30.7 cm³/mol. The van der Waals surface area contributed by atoms with Crippen molar-refractivity contribution in [3.63, 3.8) is 0 Å². The minimum absolute atomic E-state index is 0. The molecule has 0 saturated heterocycles. The second-order valence-electron chi connectivity index (χ2n) is 0.689. The molecule has 0 bridgehead atoms. The lowest BCUT2D eigenvalue weighted by molar-refractivity contribution is 0.823. The average Bonchev–Trinajstić information content (AvgIpc) is 1.37. The van der Waals surface area contributed by atoms with E-state index in [1.807, 2.05) is 6.92 Å². The molecule has 0 rings (SSSR count). The van der Waals surface area contributed by atoms with Crippen LogP contribution in [0.4, 0.5) is 0 Å². The predicted octanol–water partition coefficient (Wildman–Crippen LogP) is -0.635. The van der Waals surface area contributed by atoms with E-state index in [-0.39, 0.29) is 11.0 Å². The van der Waals surface area contributed by atoms with Gasteiger partial charge in [0.1, 0.15) is 0 Å². The second-order valence-corrected chi connectivity index (χ2v) is 1.07. The van der Waals surface area contributed by atoms with E-state index in [0.717, 1.165) is 13.0 Å². The minimum atomic E-state index is 0. The van der Waals surface area contributed by atoms with Crippen molar-refractivity contribution in [3.05, 3.63) is 0 Å². The number of hydrogen-bond acceptors (Lipinski definition) is 0. The number of rotatable bonds is 1. The fourth-order valence-electron chi connectivity index (χ4n) is 0. The molecule has 0 spiro atoms. The molecule has 4 heteroatoms. The van der Waals surface area contributed by atoms with Gasteiger partial charge in [0.15, 0.2) is 0 Å². The van der Waals surface area contributed by atoms with Gasteiger partial charge in [-0.1, -0.05) is 13.2 Å². The van der Waals surface area contributed by atoms with Crippen LogP contribution in [0.15, 0.2) is 0 Å². The molecule has 0 aromatic heterocycles. The third kappa shape index (κ3) is 28.2. The highest BCUT2D eigenvalue weighted by Crippen LogP contribution is 1.73. The fourth-order valence-corrected chi connectivity index (χ4v) is 0. The van der Waals surface area contributed by atoms with E-state index in [0.29, 0.717) is 0 Å². The lowest BCUT2D eigenvalue weighted by Crippen LogP contribution is -1.61. The molecule has 0 atom stereocenters. The van der Waals surface area contributed by atoms with Gasteiger partial charge < -0.3 is 11.0 Å². The molecule has 0 fully saturated rings. The van der Waals surface area contributed by atoms with Crippen LogP contribution in [0.5, 0.6) is 0 Å². The Morgan fingerprint density at radius 2 is 1.67 bits per heavy atom. The highest BCUT2D eigenvalue weighted by atomic mass is 35.5.